The van der Waals surface area contributed by atoms with E-state index in [2.05, 4.69) is 55.0 Å². The smallest absolute Gasteiger partial charge is 0.306 e. The average molecular weight is 527 g/mol. The molecule has 0 aromatic carbocycles. The van der Waals surface area contributed by atoms with Crippen molar-refractivity contribution in [3.63, 3.8) is 0 Å². The van der Waals surface area contributed by atoms with E-state index in [9.17, 15) is 4.79 Å². The lowest BCUT2D eigenvalue weighted by Crippen LogP contribution is -2.66. The molecule has 10 atom stereocenters. The number of carbonyl (C=O) groups is 1. The Morgan fingerprint density at radius 1 is 0.842 bits per heavy atom. The van der Waals surface area contributed by atoms with E-state index in [1.807, 2.05) is 0 Å². The zero-order valence-corrected chi connectivity index (χ0v) is 25.8. The summed E-state index contributed by atoms with van der Waals surface area (Å²) in [4.78, 5) is 12.7. The average Bonchev–Trinajstić information content (AvgIpc) is 3.19. The number of fused-ring (bicyclic) bond motifs is 7. The molecule has 0 saturated heterocycles. The van der Waals surface area contributed by atoms with Crippen molar-refractivity contribution in [3.05, 3.63) is 12.2 Å². The van der Waals surface area contributed by atoms with Crippen LogP contribution in [-0.4, -0.2) is 23.8 Å². The van der Waals surface area contributed by atoms with Crippen LogP contribution in [0.5, 0.6) is 0 Å². The maximum absolute atomic E-state index is 12.7. The Bertz CT molecular complexity index is 937. The maximum atomic E-state index is 12.7. The van der Waals surface area contributed by atoms with Crippen LogP contribution in [0.1, 0.15) is 132 Å². The van der Waals surface area contributed by atoms with Gasteiger partial charge in [-0.05, 0) is 135 Å². The fraction of sp³-hybridized carbons (Fsp3) is 0.914. The second-order valence-corrected chi connectivity index (χ2v) is 16.4. The van der Waals surface area contributed by atoms with E-state index in [1.165, 1.54) is 63.4 Å². The summed E-state index contributed by atoms with van der Waals surface area (Å²) in [6.45, 7) is 22.5. The van der Waals surface area contributed by atoms with Gasteiger partial charge in [-0.1, -0.05) is 53.7 Å². The summed E-state index contributed by atoms with van der Waals surface area (Å²) in [5.41, 5.74) is 3.06. The largest absolute Gasteiger partial charge is 0.462 e. The molecule has 0 spiro atoms. The van der Waals surface area contributed by atoms with Crippen LogP contribution < -0.4 is 0 Å². The fourth-order valence-electron chi connectivity index (χ4n) is 12.3. The number of carbonyl (C=O) groups excluding carboxylic acids is 1. The Labute approximate surface area is 233 Å². The summed E-state index contributed by atoms with van der Waals surface area (Å²) in [6, 6.07) is 0. The third kappa shape index (κ3) is 4.01. The van der Waals surface area contributed by atoms with Crippen LogP contribution in [0.4, 0.5) is 0 Å². The highest BCUT2D eigenvalue weighted by molar-refractivity contribution is 5.69. The second kappa shape index (κ2) is 9.63. The zero-order chi connectivity index (χ0) is 27.7. The van der Waals surface area contributed by atoms with E-state index in [-0.39, 0.29) is 24.1 Å². The molecule has 5 rings (SSSR count). The zero-order valence-electron chi connectivity index (χ0n) is 25.8. The van der Waals surface area contributed by atoms with E-state index in [4.69, 9.17) is 9.84 Å². The van der Waals surface area contributed by atoms with Gasteiger partial charge in [0, 0.05) is 18.4 Å². The molecule has 5 aliphatic rings. The van der Waals surface area contributed by atoms with Crippen LogP contribution >= 0.6 is 0 Å². The van der Waals surface area contributed by atoms with Crippen molar-refractivity contribution < 1.29 is 14.6 Å². The SMILES string of the molecule is C=C(C)[C@@H]1CC[C@]2(C)CC[C@]3(C)[C@H](CC[C@@H]4[C@@]5(C)CCC(OC(=O)CCCCO)C(C)(C)C5CC[C@]43C)C12. The molecule has 0 aromatic rings. The van der Waals surface area contributed by atoms with Crippen molar-refractivity contribution in [2.75, 3.05) is 6.61 Å². The molecule has 0 aliphatic heterocycles. The highest BCUT2D eigenvalue weighted by Gasteiger charge is 2.70. The monoisotopic (exact) mass is 526 g/mol. The Morgan fingerprint density at radius 2 is 1.58 bits per heavy atom. The molecule has 3 unspecified atom stereocenters. The Hall–Kier alpha value is -0.830. The third-order valence-corrected chi connectivity index (χ3v) is 14.5. The summed E-state index contributed by atoms with van der Waals surface area (Å²) < 4.78 is 6.18. The molecule has 5 aliphatic carbocycles. The summed E-state index contributed by atoms with van der Waals surface area (Å²) in [7, 11) is 0. The Morgan fingerprint density at radius 3 is 2.26 bits per heavy atom. The van der Waals surface area contributed by atoms with Crippen LogP contribution in [0.25, 0.3) is 0 Å². The van der Waals surface area contributed by atoms with Crippen LogP contribution in [0, 0.1) is 56.7 Å². The van der Waals surface area contributed by atoms with Gasteiger partial charge in [-0.15, -0.1) is 0 Å². The first-order valence-electron chi connectivity index (χ1n) is 16.2. The highest BCUT2D eigenvalue weighted by Crippen LogP contribution is 2.77. The molecule has 0 bridgehead atoms. The topological polar surface area (TPSA) is 46.5 Å². The number of rotatable bonds is 6. The van der Waals surface area contributed by atoms with Gasteiger partial charge in [0.2, 0.25) is 0 Å². The minimum absolute atomic E-state index is 0.000356. The number of aliphatic hydroxyl groups excluding tert-OH is 1. The fourth-order valence-corrected chi connectivity index (χ4v) is 12.3. The van der Waals surface area contributed by atoms with E-state index in [1.54, 1.807) is 0 Å². The summed E-state index contributed by atoms with van der Waals surface area (Å²) >= 11 is 0. The quantitative estimate of drug-likeness (QED) is 0.214. The summed E-state index contributed by atoms with van der Waals surface area (Å²) in [5, 5.41) is 9.09. The van der Waals surface area contributed by atoms with E-state index in [0.717, 1.165) is 36.5 Å². The first-order valence-corrected chi connectivity index (χ1v) is 16.2. The first-order chi connectivity index (χ1) is 17.7. The molecule has 5 fully saturated rings. The van der Waals surface area contributed by atoms with Gasteiger partial charge < -0.3 is 9.84 Å². The van der Waals surface area contributed by atoms with E-state index >= 15 is 0 Å². The van der Waals surface area contributed by atoms with Crippen LogP contribution in [0.15, 0.2) is 12.2 Å². The minimum atomic E-state index is -0.0670. The molecule has 38 heavy (non-hydrogen) atoms. The van der Waals surface area contributed by atoms with Crippen molar-refractivity contribution in [3.8, 4) is 0 Å². The summed E-state index contributed by atoms with van der Waals surface area (Å²) in [6.07, 6.45) is 15.0. The lowest BCUT2D eigenvalue weighted by molar-refractivity contribution is -0.249. The molecule has 0 heterocycles. The minimum Gasteiger partial charge on any atom is -0.462 e. The number of esters is 1. The van der Waals surface area contributed by atoms with Gasteiger partial charge in [0.1, 0.15) is 6.10 Å². The van der Waals surface area contributed by atoms with Crippen LogP contribution in [-0.2, 0) is 9.53 Å². The highest BCUT2D eigenvalue weighted by atomic mass is 16.5. The van der Waals surface area contributed by atoms with Crippen LogP contribution in [0.2, 0.25) is 0 Å². The first kappa shape index (κ1) is 28.7. The van der Waals surface area contributed by atoms with Gasteiger partial charge in [0.25, 0.3) is 0 Å². The van der Waals surface area contributed by atoms with Crippen molar-refractivity contribution in [2.45, 2.75) is 138 Å². The van der Waals surface area contributed by atoms with E-state index in [0.29, 0.717) is 40.4 Å². The van der Waals surface area contributed by atoms with Crippen molar-refractivity contribution in [2.24, 2.45) is 56.7 Å². The second-order valence-electron chi connectivity index (χ2n) is 16.4. The number of ether oxygens (including phenoxy) is 1. The third-order valence-electron chi connectivity index (χ3n) is 14.5. The maximum Gasteiger partial charge on any atom is 0.306 e. The number of aliphatic hydroxyl groups is 1. The van der Waals surface area contributed by atoms with Crippen molar-refractivity contribution in [1.82, 2.24) is 0 Å². The molecule has 1 N–H and O–H groups in total. The summed E-state index contributed by atoms with van der Waals surface area (Å²) in [5.74, 6) is 3.65. The predicted octanol–water partition coefficient (Wildman–Crippen LogP) is 8.74. The number of unbranched alkanes of at least 4 members (excludes halogenated alkanes) is 1. The lowest BCUT2D eigenvalue weighted by atomic mass is 9.32. The molecule has 0 aromatic heterocycles. The molecule has 3 heteroatoms. The number of hydrogen-bond acceptors (Lipinski definition) is 3. The molecule has 5 saturated carbocycles. The van der Waals surface area contributed by atoms with Crippen molar-refractivity contribution >= 4 is 5.97 Å². The van der Waals surface area contributed by atoms with Gasteiger partial charge in [-0.25, -0.2) is 0 Å². The standard InChI is InChI=1S/C35H58O3/c1-23(2)24-14-17-32(5)20-21-34(7)25(30(24)32)12-13-27-33(6)18-16-28(38-29(37)11-9-10-22-36)31(3,4)26(33)15-19-35(27,34)8/h24-28,30,36H,1,9-22H2,2-8H3/t24-,25+,26?,27+,28?,30?,32+,33-,34+,35+/m0/s1. The molecular formula is C35H58O3. The van der Waals surface area contributed by atoms with Crippen LogP contribution in [0.3, 0.4) is 0 Å². The molecule has 3 nitrogen and oxygen atoms in total. The normalized spacial score (nSPS) is 49.3. The van der Waals surface area contributed by atoms with Gasteiger partial charge in [0.15, 0.2) is 0 Å². The van der Waals surface area contributed by atoms with Gasteiger partial charge >= 0.3 is 5.97 Å². The molecule has 0 radical (unpaired) electrons. The molecule has 216 valence electrons. The van der Waals surface area contributed by atoms with E-state index < -0.39 is 0 Å². The molecule has 0 amide bonds. The van der Waals surface area contributed by atoms with Gasteiger partial charge in [-0.3, -0.25) is 4.79 Å². The van der Waals surface area contributed by atoms with Crippen molar-refractivity contribution in [1.29, 1.82) is 0 Å². The predicted molar refractivity (Wildman–Crippen MR) is 155 cm³/mol. The van der Waals surface area contributed by atoms with Gasteiger partial charge in [-0.2, -0.15) is 0 Å². The molecular weight excluding hydrogens is 468 g/mol. The number of allylic oxidation sites excluding steroid dienone is 1. The van der Waals surface area contributed by atoms with Gasteiger partial charge in [0.05, 0.1) is 0 Å². The number of hydrogen-bond donors (Lipinski definition) is 1. The Balaban J connectivity index is 1.40. The Kier molecular flexibility index (Phi) is 7.27. The lowest BCUT2D eigenvalue weighted by Gasteiger charge is -2.73.